The molecule has 0 saturated heterocycles. The van der Waals surface area contributed by atoms with Gasteiger partial charge in [0.2, 0.25) is 21.8 Å². The zero-order chi connectivity index (χ0) is 20.6. The van der Waals surface area contributed by atoms with Crippen molar-refractivity contribution in [2.75, 3.05) is 18.4 Å². The molecule has 0 saturated carbocycles. The van der Waals surface area contributed by atoms with Gasteiger partial charge in [0.25, 0.3) is 0 Å². The maximum atomic E-state index is 12.7. The second-order valence-corrected chi connectivity index (χ2v) is 8.32. The average molecular weight is 398 g/mol. The number of hydrogen-bond donors (Lipinski definition) is 2. The third-order valence-corrected chi connectivity index (χ3v) is 6.07. The smallest absolute Gasteiger partial charge is 0.241 e. The number of likely N-dealkylation sites (N-methyl/N-ethyl adjacent to an activating group) is 1. The lowest BCUT2D eigenvalue weighted by atomic mass is 10.0. The Balaban J connectivity index is 2.84. The molecule has 0 heterocycles. The summed E-state index contributed by atoms with van der Waals surface area (Å²) < 4.78 is 27.6. The fourth-order valence-corrected chi connectivity index (χ4v) is 3.98. The summed E-state index contributed by atoms with van der Waals surface area (Å²) in [5.41, 5.74) is 0.507. The lowest BCUT2D eigenvalue weighted by Gasteiger charge is -2.28. The Kier molecular flexibility index (Phi) is 8.92. The van der Waals surface area contributed by atoms with E-state index < -0.39 is 16.1 Å². The van der Waals surface area contributed by atoms with Crippen LogP contribution in [0.5, 0.6) is 0 Å². The van der Waals surface area contributed by atoms with E-state index in [-0.39, 0.29) is 16.7 Å². The van der Waals surface area contributed by atoms with Crippen molar-refractivity contribution < 1.29 is 18.0 Å². The van der Waals surface area contributed by atoms with E-state index in [4.69, 9.17) is 0 Å². The fraction of sp³-hybridized carbons (Fsp3) is 0.579. The van der Waals surface area contributed by atoms with E-state index in [0.29, 0.717) is 24.7 Å². The van der Waals surface area contributed by atoms with Crippen LogP contribution < -0.4 is 10.0 Å². The zero-order valence-corrected chi connectivity index (χ0v) is 17.6. The van der Waals surface area contributed by atoms with Crippen molar-refractivity contribution >= 4 is 27.5 Å². The number of carbonyl (C=O) groups excluding carboxylic acids is 2. The summed E-state index contributed by atoms with van der Waals surface area (Å²) in [6.07, 6.45) is 1.95. The lowest BCUT2D eigenvalue weighted by molar-refractivity contribution is -0.133. The van der Waals surface area contributed by atoms with Crippen molar-refractivity contribution in [2.45, 2.75) is 58.4 Å². The van der Waals surface area contributed by atoms with Crippen molar-refractivity contribution in [3.63, 3.8) is 0 Å². The predicted octanol–water partition coefficient (Wildman–Crippen LogP) is 2.60. The van der Waals surface area contributed by atoms with Gasteiger partial charge in [-0.1, -0.05) is 26.7 Å². The number of nitrogens with one attached hydrogen (secondary N) is 2. The molecule has 0 unspecified atom stereocenters. The highest BCUT2D eigenvalue weighted by molar-refractivity contribution is 7.89. The maximum Gasteiger partial charge on any atom is 0.241 e. The lowest BCUT2D eigenvalue weighted by Crippen LogP contribution is -2.48. The molecule has 1 aromatic carbocycles. The number of anilines is 1. The van der Waals surface area contributed by atoms with Gasteiger partial charge < -0.3 is 10.2 Å². The van der Waals surface area contributed by atoms with Crippen LogP contribution in [0.2, 0.25) is 0 Å². The summed E-state index contributed by atoms with van der Waals surface area (Å²) in [7, 11) is -3.84. The first kappa shape index (κ1) is 23.1. The minimum atomic E-state index is -3.84. The molecule has 0 spiro atoms. The van der Waals surface area contributed by atoms with E-state index in [1.165, 1.54) is 31.2 Å². The number of hydrogen-bond acceptors (Lipinski definition) is 4. The molecule has 7 nitrogen and oxygen atoms in total. The van der Waals surface area contributed by atoms with Gasteiger partial charge in [0.15, 0.2) is 0 Å². The van der Waals surface area contributed by atoms with Crippen LogP contribution in [0, 0.1) is 5.92 Å². The van der Waals surface area contributed by atoms with Gasteiger partial charge in [-0.25, -0.2) is 8.42 Å². The zero-order valence-electron chi connectivity index (χ0n) is 16.8. The fourth-order valence-electron chi connectivity index (χ4n) is 2.78. The van der Waals surface area contributed by atoms with Crippen molar-refractivity contribution in [2.24, 2.45) is 5.92 Å². The second kappa shape index (κ2) is 10.4. The Morgan fingerprint density at radius 3 is 2.07 bits per heavy atom. The van der Waals surface area contributed by atoms with Gasteiger partial charge in [0.05, 0.1) is 10.9 Å². The van der Waals surface area contributed by atoms with Crippen LogP contribution in [0.15, 0.2) is 29.2 Å². The molecule has 0 aliphatic heterocycles. The SMILES string of the molecule is CCC(CC)CN(CC)C(=O)[C@H](C)NS(=O)(=O)c1ccc(NC(C)=O)cc1. The van der Waals surface area contributed by atoms with Gasteiger partial charge in [0, 0.05) is 25.7 Å². The highest BCUT2D eigenvalue weighted by Crippen LogP contribution is 2.15. The molecule has 0 aliphatic rings. The van der Waals surface area contributed by atoms with E-state index in [2.05, 4.69) is 23.9 Å². The van der Waals surface area contributed by atoms with E-state index in [1.807, 2.05) is 6.92 Å². The van der Waals surface area contributed by atoms with Gasteiger partial charge >= 0.3 is 0 Å². The standard InChI is InChI=1S/C19H31N3O4S/c1-6-16(7-2)13-22(8-3)19(24)14(4)21-27(25,26)18-11-9-17(10-12-18)20-15(5)23/h9-12,14,16,21H,6-8,13H2,1-5H3,(H,20,23)/t14-/m0/s1. The largest absolute Gasteiger partial charge is 0.341 e. The van der Waals surface area contributed by atoms with Gasteiger partial charge in [-0.05, 0) is 44.0 Å². The predicted molar refractivity (Wildman–Crippen MR) is 107 cm³/mol. The highest BCUT2D eigenvalue weighted by Gasteiger charge is 2.26. The van der Waals surface area contributed by atoms with Gasteiger partial charge in [-0.15, -0.1) is 0 Å². The van der Waals surface area contributed by atoms with Crippen molar-refractivity contribution in [3.8, 4) is 0 Å². The summed E-state index contributed by atoms with van der Waals surface area (Å²) in [6.45, 7) is 10.2. The molecular weight excluding hydrogens is 366 g/mol. The minimum Gasteiger partial charge on any atom is -0.341 e. The Morgan fingerprint density at radius 1 is 1.07 bits per heavy atom. The summed E-state index contributed by atoms with van der Waals surface area (Å²) in [5.74, 6) is -0.0676. The number of amides is 2. The Morgan fingerprint density at radius 2 is 1.63 bits per heavy atom. The molecular formula is C19H31N3O4S. The van der Waals surface area contributed by atoms with E-state index in [0.717, 1.165) is 12.8 Å². The molecule has 0 bridgehead atoms. The van der Waals surface area contributed by atoms with Gasteiger partial charge in [-0.3, -0.25) is 9.59 Å². The van der Waals surface area contributed by atoms with E-state index in [1.54, 1.807) is 11.8 Å². The summed E-state index contributed by atoms with van der Waals surface area (Å²) >= 11 is 0. The van der Waals surface area contributed by atoms with Crippen LogP contribution in [-0.4, -0.2) is 44.3 Å². The van der Waals surface area contributed by atoms with Crippen LogP contribution in [0.4, 0.5) is 5.69 Å². The Hall–Kier alpha value is -1.93. The van der Waals surface area contributed by atoms with Crippen molar-refractivity contribution in [1.29, 1.82) is 0 Å². The maximum absolute atomic E-state index is 12.7. The van der Waals surface area contributed by atoms with Crippen LogP contribution in [0.3, 0.4) is 0 Å². The molecule has 0 aromatic heterocycles. The van der Waals surface area contributed by atoms with Crippen LogP contribution in [-0.2, 0) is 19.6 Å². The molecule has 8 heteroatoms. The van der Waals surface area contributed by atoms with Crippen LogP contribution in [0.25, 0.3) is 0 Å². The molecule has 2 N–H and O–H groups in total. The van der Waals surface area contributed by atoms with Gasteiger partial charge in [0.1, 0.15) is 0 Å². The monoisotopic (exact) mass is 397 g/mol. The normalized spacial score (nSPS) is 12.7. The average Bonchev–Trinajstić information content (AvgIpc) is 2.62. The van der Waals surface area contributed by atoms with E-state index >= 15 is 0 Å². The molecule has 1 atom stereocenters. The number of rotatable bonds is 10. The molecule has 1 rings (SSSR count). The highest BCUT2D eigenvalue weighted by atomic mass is 32.2. The number of carbonyl (C=O) groups is 2. The summed E-state index contributed by atoms with van der Waals surface area (Å²) in [6, 6.07) is 4.94. The van der Waals surface area contributed by atoms with Crippen LogP contribution >= 0.6 is 0 Å². The first-order valence-electron chi connectivity index (χ1n) is 9.33. The quantitative estimate of drug-likeness (QED) is 0.634. The Bertz CT molecular complexity index is 728. The Labute approximate surface area is 162 Å². The third-order valence-electron chi connectivity index (χ3n) is 4.51. The molecule has 27 heavy (non-hydrogen) atoms. The van der Waals surface area contributed by atoms with Crippen molar-refractivity contribution in [1.82, 2.24) is 9.62 Å². The third kappa shape index (κ3) is 6.95. The van der Waals surface area contributed by atoms with E-state index in [9.17, 15) is 18.0 Å². The number of sulfonamides is 1. The molecule has 152 valence electrons. The minimum absolute atomic E-state index is 0.0410. The van der Waals surface area contributed by atoms with Crippen molar-refractivity contribution in [3.05, 3.63) is 24.3 Å². The summed E-state index contributed by atoms with van der Waals surface area (Å²) in [4.78, 5) is 25.5. The molecule has 1 aromatic rings. The first-order chi connectivity index (χ1) is 12.6. The van der Waals surface area contributed by atoms with Gasteiger partial charge in [-0.2, -0.15) is 4.72 Å². The molecule has 0 aliphatic carbocycles. The second-order valence-electron chi connectivity index (χ2n) is 6.61. The summed E-state index contributed by atoms with van der Waals surface area (Å²) in [5, 5.41) is 2.58. The number of benzene rings is 1. The molecule has 0 fully saturated rings. The topological polar surface area (TPSA) is 95.6 Å². The first-order valence-corrected chi connectivity index (χ1v) is 10.8. The van der Waals surface area contributed by atoms with Crippen LogP contribution in [0.1, 0.15) is 47.5 Å². The number of nitrogens with zero attached hydrogens (tertiary/aromatic N) is 1. The molecule has 2 amide bonds. The molecule has 0 radical (unpaired) electrons.